The Morgan fingerprint density at radius 1 is 0.900 bits per heavy atom. The van der Waals surface area contributed by atoms with E-state index >= 15 is 0 Å². The molecule has 0 aromatic heterocycles. The van der Waals surface area contributed by atoms with Crippen LogP contribution in [0.4, 0.5) is 0 Å². The SMILES string of the molecule is CO[Si](CCCOc1ccc(C(=O)c2ccc(C=CC(=O)O)cc2)cc1)(OC)OC. The molecule has 0 fully saturated rings. The van der Waals surface area contributed by atoms with E-state index in [1.807, 2.05) is 0 Å². The summed E-state index contributed by atoms with van der Waals surface area (Å²) in [6.07, 6.45) is 3.24. The van der Waals surface area contributed by atoms with E-state index in [9.17, 15) is 9.59 Å². The third kappa shape index (κ3) is 6.63. The van der Waals surface area contributed by atoms with Gasteiger partial charge in [0.05, 0.1) is 6.61 Å². The molecule has 1 N–H and O–H groups in total. The molecule has 8 heteroatoms. The van der Waals surface area contributed by atoms with Crippen LogP contribution in [0, 0.1) is 0 Å². The highest BCUT2D eigenvalue weighted by atomic mass is 28.4. The summed E-state index contributed by atoms with van der Waals surface area (Å²) >= 11 is 0. The van der Waals surface area contributed by atoms with E-state index in [0.717, 1.165) is 6.08 Å². The maximum atomic E-state index is 12.6. The van der Waals surface area contributed by atoms with Crippen molar-refractivity contribution < 1.29 is 32.7 Å². The summed E-state index contributed by atoms with van der Waals surface area (Å²) in [7, 11) is 2.15. The van der Waals surface area contributed by atoms with Gasteiger partial charge >= 0.3 is 14.8 Å². The molecule has 160 valence electrons. The molecule has 0 spiro atoms. The quantitative estimate of drug-likeness (QED) is 0.238. The molecular formula is C22H26O7Si. The first-order valence-corrected chi connectivity index (χ1v) is 11.3. The van der Waals surface area contributed by atoms with Crippen molar-refractivity contribution in [2.45, 2.75) is 12.5 Å². The topological polar surface area (TPSA) is 91.3 Å². The number of ether oxygens (including phenoxy) is 1. The van der Waals surface area contributed by atoms with Crippen molar-refractivity contribution in [2.75, 3.05) is 27.9 Å². The molecule has 30 heavy (non-hydrogen) atoms. The van der Waals surface area contributed by atoms with Gasteiger partial charge in [-0.15, -0.1) is 0 Å². The summed E-state index contributed by atoms with van der Waals surface area (Å²) < 4.78 is 21.9. The van der Waals surface area contributed by atoms with Crippen molar-refractivity contribution in [1.29, 1.82) is 0 Å². The van der Waals surface area contributed by atoms with Crippen molar-refractivity contribution in [3.63, 3.8) is 0 Å². The van der Waals surface area contributed by atoms with Gasteiger partial charge in [0.1, 0.15) is 5.75 Å². The zero-order valence-electron chi connectivity index (χ0n) is 17.3. The van der Waals surface area contributed by atoms with Crippen molar-refractivity contribution in [1.82, 2.24) is 0 Å². The summed E-state index contributed by atoms with van der Waals surface area (Å²) in [4.78, 5) is 23.2. The Bertz CT molecular complexity index is 848. The van der Waals surface area contributed by atoms with Gasteiger partial charge in [0, 0.05) is 44.6 Å². The molecule has 0 amide bonds. The van der Waals surface area contributed by atoms with Gasteiger partial charge in [0.15, 0.2) is 5.78 Å². The monoisotopic (exact) mass is 430 g/mol. The average molecular weight is 431 g/mol. The number of hydrogen-bond acceptors (Lipinski definition) is 6. The zero-order chi connectivity index (χ0) is 22.0. The van der Waals surface area contributed by atoms with E-state index in [-0.39, 0.29) is 5.78 Å². The van der Waals surface area contributed by atoms with Crippen LogP contribution in [0.2, 0.25) is 6.04 Å². The second-order valence-electron chi connectivity index (χ2n) is 6.39. The minimum Gasteiger partial charge on any atom is -0.494 e. The minimum atomic E-state index is -2.59. The first-order valence-electron chi connectivity index (χ1n) is 9.37. The first kappa shape index (κ1) is 23.5. The largest absolute Gasteiger partial charge is 0.500 e. The zero-order valence-corrected chi connectivity index (χ0v) is 18.3. The molecule has 0 heterocycles. The molecule has 0 saturated carbocycles. The highest BCUT2D eigenvalue weighted by Crippen LogP contribution is 2.18. The summed E-state index contributed by atoms with van der Waals surface area (Å²) in [5, 5.41) is 8.66. The highest BCUT2D eigenvalue weighted by molar-refractivity contribution is 6.60. The Hall–Kier alpha value is -2.78. The Balaban J connectivity index is 1.90. The average Bonchev–Trinajstić information content (AvgIpc) is 2.78. The lowest BCUT2D eigenvalue weighted by Gasteiger charge is -2.24. The van der Waals surface area contributed by atoms with Crippen LogP contribution < -0.4 is 4.74 Å². The van der Waals surface area contributed by atoms with Crippen LogP contribution in [-0.2, 0) is 18.1 Å². The molecule has 0 saturated heterocycles. The molecule has 0 aliphatic carbocycles. The molecule has 0 unspecified atom stereocenters. The molecule has 0 bridgehead atoms. The van der Waals surface area contributed by atoms with Crippen molar-refractivity contribution in [3.8, 4) is 5.75 Å². The van der Waals surface area contributed by atoms with Gasteiger partial charge in [-0.2, -0.15) is 0 Å². The number of carboxylic acid groups (broad SMARTS) is 1. The maximum absolute atomic E-state index is 12.6. The molecule has 2 aromatic rings. The molecule has 0 aliphatic heterocycles. The molecule has 7 nitrogen and oxygen atoms in total. The molecule has 2 aromatic carbocycles. The molecule has 0 radical (unpaired) electrons. The number of rotatable bonds is 12. The van der Waals surface area contributed by atoms with Crippen LogP contribution in [0.25, 0.3) is 6.08 Å². The van der Waals surface area contributed by atoms with Gasteiger partial charge < -0.3 is 23.1 Å². The van der Waals surface area contributed by atoms with E-state index in [0.29, 0.717) is 41.5 Å². The first-order chi connectivity index (χ1) is 14.4. The summed E-state index contributed by atoms with van der Waals surface area (Å²) in [6, 6.07) is 14.3. The van der Waals surface area contributed by atoms with E-state index < -0.39 is 14.8 Å². The van der Waals surface area contributed by atoms with E-state index in [1.165, 1.54) is 6.08 Å². The molecule has 0 atom stereocenters. The van der Waals surface area contributed by atoms with Gasteiger partial charge in [0.25, 0.3) is 0 Å². The van der Waals surface area contributed by atoms with Gasteiger partial charge in [0.2, 0.25) is 0 Å². The second kappa shape index (κ2) is 11.4. The van der Waals surface area contributed by atoms with Crippen molar-refractivity contribution in [3.05, 3.63) is 71.3 Å². The Kier molecular flexibility index (Phi) is 8.94. The van der Waals surface area contributed by atoms with Crippen LogP contribution in [0.1, 0.15) is 27.9 Å². The summed E-state index contributed by atoms with van der Waals surface area (Å²) in [5.41, 5.74) is 1.78. The number of aliphatic carboxylic acids is 1. The molecule has 2 rings (SSSR count). The van der Waals surface area contributed by atoms with Gasteiger partial charge in [-0.05, 0) is 42.3 Å². The number of carbonyl (C=O) groups is 2. The van der Waals surface area contributed by atoms with Crippen molar-refractivity contribution in [2.24, 2.45) is 0 Å². The number of carboxylic acids is 1. The fraction of sp³-hybridized carbons (Fsp3) is 0.273. The summed E-state index contributed by atoms with van der Waals surface area (Å²) in [6.45, 7) is 0.476. The van der Waals surface area contributed by atoms with Crippen LogP contribution in [-0.4, -0.2) is 53.6 Å². The number of benzene rings is 2. The van der Waals surface area contributed by atoms with Crippen LogP contribution in [0.5, 0.6) is 5.75 Å². The Labute approximate surface area is 177 Å². The number of carbonyl (C=O) groups excluding carboxylic acids is 1. The lowest BCUT2D eigenvalue weighted by Crippen LogP contribution is -2.42. The predicted molar refractivity (Wildman–Crippen MR) is 115 cm³/mol. The Morgan fingerprint density at radius 3 is 1.93 bits per heavy atom. The van der Waals surface area contributed by atoms with E-state index in [1.54, 1.807) is 69.9 Å². The number of ketones is 1. The fourth-order valence-corrected chi connectivity index (χ4v) is 4.51. The van der Waals surface area contributed by atoms with E-state index in [2.05, 4.69) is 0 Å². The smallest absolute Gasteiger partial charge is 0.494 e. The molecular weight excluding hydrogens is 404 g/mol. The number of hydrogen-bond donors (Lipinski definition) is 1. The van der Waals surface area contributed by atoms with Crippen LogP contribution in [0.3, 0.4) is 0 Å². The van der Waals surface area contributed by atoms with Crippen molar-refractivity contribution >= 4 is 26.6 Å². The Morgan fingerprint density at radius 2 is 1.43 bits per heavy atom. The predicted octanol–water partition coefficient (Wildman–Crippen LogP) is 3.66. The molecule has 0 aliphatic rings. The lowest BCUT2D eigenvalue weighted by molar-refractivity contribution is -0.131. The van der Waals surface area contributed by atoms with Crippen LogP contribution >= 0.6 is 0 Å². The summed E-state index contributed by atoms with van der Waals surface area (Å²) in [5.74, 6) is -0.471. The minimum absolute atomic E-state index is 0.119. The normalized spacial score (nSPS) is 11.6. The highest BCUT2D eigenvalue weighted by Gasteiger charge is 2.36. The maximum Gasteiger partial charge on any atom is 0.500 e. The van der Waals surface area contributed by atoms with Crippen LogP contribution in [0.15, 0.2) is 54.6 Å². The third-order valence-electron chi connectivity index (χ3n) is 4.54. The van der Waals surface area contributed by atoms with Gasteiger partial charge in [-0.25, -0.2) is 4.79 Å². The van der Waals surface area contributed by atoms with Gasteiger partial charge in [-0.3, -0.25) is 4.79 Å². The fourth-order valence-electron chi connectivity index (χ4n) is 2.82. The van der Waals surface area contributed by atoms with Gasteiger partial charge in [-0.1, -0.05) is 24.3 Å². The third-order valence-corrected chi connectivity index (χ3v) is 7.37. The second-order valence-corrected chi connectivity index (χ2v) is 9.49. The lowest BCUT2D eigenvalue weighted by atomic mass is 10.0. The standard InChI is InChI=1S/C22H26O7Si/c1-26-30(27-2,28-3)16-4-15-29-20-12-10-19(11-13-20)22(25)18-8-5-17(6-9-18)7-14-21(23)24/h5-14H,4,15-16H2,1-3H3,(H,23,24). The van der Waals surface area contributed by atoms with E-state index in [4.69, 9.17) is 23.1 Å².